The fraction of sp³-hybridized carbons (Fsp3) is 0.278. The Hall–Kier alpha value is -1.81. The van der Waals surface area contributed by atoms with Crippen LogP contribution in [0.2, 0.25) is 0 Å². The van der Waals surface area contributed by atoms with Gasteiger partial charge in [-0.1, -0.05) is 24.3 Å². The van der Waals surface area contributed by atoms with E-state index in [1.165, 1.54) is 6.26 Å². The van der Waals surface area contributed by atoms with Crippen molar-refractivity contribution in [3.8, 4) is 11.5 Å². The van der Waals surface area contributed by atoms with Crippen molar-refractivity contribution in [2.24, 2.45) is 10.7 Å². The van der Waals surface area contributed by atoms with E-state index >= 15 is 0 Å². The molecule has 26 heavy (non-hydrogen) atoms. The van der Waals surface area contributed by atoms with E-state index in [1.807, 2.05) is 48.5 Å². The number of guanidine groups is 1. The number of nitrogens with two attached hydrogens (primary N) is 1. The molecule has 8 heteroatoms. The molecule has 2 aromatic carbocycles. The standard InChI is InChI=1S/C18H23N3O3S.HI/c1-18(2,25(3,22)23)13-20-17(19)21-14-8-7-11-16(12-14)24-15-9-5-4-6-10-15;/h4-12H,13H2,1-3H3,(H3,19,20,21);1H. The monoisotopic (exact) mass is 489 g/mol. The summed E-state index contributed by atoms with van der Waals surface area (Å²) in [5.41, 5.74) is 6.56. The molecule has 0 spiro atoms. The van der Waals surface area contributed by atoms with Gasteiger partial charge in [-0.3, -0.25) is 4.99 Å². The molecule has 3 N–H and O–H groups in total. The van der Waals surface area contributed by atoms with Crippen LogP contribution < -0.4 is 15.8 Å². The van der Waals surface area contributed by atoms with Crippen LogP contribution in [0.1, 0.15) is 13.8 Å². The van der Waals surface area contributed by atoms with E-state index < -0.39 is 14.6 Å². The molecule has 2 aromatic rings. The zero-order chi connectivity index (χ0) is 18.5. The fourth-order valence-electron chi connectivity index (χ4n) is 1.84. The lowest BCUT2D eigenvalue weighted by Crippen LogP contribution is -2.36. The molecule has 6 nitrogen and oxygen atoms in total. The first-order valence-corrected chi connectivity index (χ1v) is 9.66. The number of hydrogen-bond acceptors (Lipinski definition) is 4. The third-order valence-corrected chi connectivity index (χ3v) is 5.86. The Morgan fingerprint density at radius 2 is 1.73 bits per heavy atom. The molecular weight excluding hydrogens is 465 g/mol. The number of hydrogen-bond donors (Lipinski definition) is 2. The average molecular weight is 489 g/mol. The van der Waals surface area contributed by atoms with E-state index in [9.17, 15) is 8.42 Å². The van der Waals surface area contributed by atoms with E-state index in [0.29, 0.717) is 11.4 Å². The van der Waals surface area contributed by atoms with Crippen molar-refractivity contribution in [2.75, 3.05) is 18.1 Å². The van der Waals surface area contributed by atoms with Crippen LogP contribution >= 0.6 is 24.0 Å². The third-order valence-electron chi connectivity index (χ3n) is 3.72. The Balaban J connectivity index is 0.00000338. The highest BCUT2D eigenvalue weighted by Crippen LogP contribution is 2.23. The summed E-state index contributed by atoms with van der Waals surface area (Å²) in [7, 11) is -3.22. The SMILES string of the molecule is CC(C)(CN=C(N)Nc1cccc(Oc2ccccc2)c1)S(C)(=O)=O.I. The molecule has 0 aliphatic rings. The summed E-state index contributed by atoms with van der Waals surface area (Å²) in [5.74, 6) is 1.53. The second kappa shape index (κ2) is 9.22. The van der Waals surface area contributed by atoms with Crippen molar-refractivity contribution >= 4 is 45.5 Å². The summed E-state index contributed by atoms with van der Waals surface area (Å²) in [6.45, 7) is 3.31. The molecule has 0 saturated carbocycles. The van der Waals surface area contributed by atoms with Gasteiger partial charge in [-0.15, -0.1) is 24.0 Å². The van der Waals surface area contributed by atoms with Gasteiger partial charge < -0.3 is 15.8 Å². The number of sulfone groups is 1. The Bertz CT molecular complexity index is 853. The molecule has 0 bridgehead atoms. The summed E-state index contributed by atoms with van der Waals surface area (Å²) in [6, 6.07) is 16.7. The smallest absolute Gasteiger partial charge is 0.193 e. The molecule has 0 amide bonds. The van der Waals surface area contributed by atoms with Gasteiger partial charge in [0, 0.05) is 18.0 Å². The van der Waals surface area contributed by atoms with Crippen LogP contribution in [0, 0.1) is 0 Å². The molecule has 0 radical (unpaired) electrons. The Labute approximate surface area is 171 Å². The lowest BCUT2D eigenvalue weighted by atomic mass is 10.2. The summed E-state index contributed by atoms with van der Waals surface area (Å²) in [6.07, 6.45) is 1.19. The number of ether oxygens (including phenoxy) is 1. The minimum atomic E-state index is -3.22. The van der Waals surface area contributed by atoms with Gasteiger partial charge in [0.15, 0.2) is 15.8 Å². The number of nitrogens with zero attached hydrogens (tertiary/aromatic N) is 1. The average Bonchev–Trinajstić information content (AvgIpc) is 2.53. The first-order valence-electron chi connectivity index (χ1n) is 7.77. The molecular formula is C18H24IN3O3S. The summed E-state index contributed by atoms with van der Waals surface area (Å²) in [5, 5.41) is 2.95. The van der Waals surface area contributed by atoms with Crippen molar-refractivity contribution < 1.29 is 13.2 Å². The normalized spacial score (nSPS) is 12.2. The molecule has 0 aliphatic carbocycles. The topological polar surface area (TPSA) is 93.8 Å². The molecule has 0 aliphatic heterocycles. The van der Waals surface area contributed by atoms with Crippen molar-refractivity contribution in [1.29, 1.82) is 0 Å². The molecule has 2 rings (SSSR count). The predicted octanol–water partition coefficient (Wildman–Crippen LogP) is 3.65. The highest BCUT2D eigenvalue weighted by atomic mass is 127. The lowest BCUT2D eigenvalue weighted by Gasteiger charge is -2.20. The molecule has 0 aromatic heterocycles. The van der Waals surface area contributed by atoms with E-state index in [1.54, 1.807) is 19.9 Å². The second-order valence-electron chi connectivity index (χ2n) is 6.30. The number of nitrogens with one attached hydrogen (secondary N) is 1. The molecule has 0 fully saturated rings. The van der Waals surface area contributed by atoms with E-state index in [-0.39, 0.29) is 36.5 Å². The largest absolute Gasteiger partial charge is 0.457 e. The number of anilines is 1. The Morgan fingerprint density at radius 1 is 1.12 bits per heavy atom. The van der Waals surface area contributed by atoms with Gasteiger partial charge in [-0.25, -0.2) is 8.42 Å². The van der Waals surface area contributed by atoms with E-state index in [2.05, 4.69) is 10.3 Å². The van der Waals surface area contributed by atoms with Gasteiger partial charge in [0.25, 0.3) is 0 Å². The summed E-state index contributed by atoms with van der Waals surface area (Å²) < 4.78 is 28.2. The zero-order valence-corrected chi connectivity index (χ0v) is 18.1. The highest BCUT2D eigenvalue weighted by Gasteiger charge is 2.29. The summed E-state index contributed by atoms with van der Waals surface area (Å²) >= 11 is 0. The zero-order valence-electron chi connectivity index (χ0n) is 15.0. The number of halogens is 1. The first-order chi connectivity index (χ1) is 11.7. The van der Waals surface area contributed by atoms with Crippen molar-refractivity contribution in [1.82, 2.24) is 0 Å². The molecule has 142 valence electrons. The molecule has 0 unspecified atom stereocenters. The minimum absolute atomic E-state index is 0. The Morgan fingerprint density at radius 3 is 2.35 bits per heavy atom. The van der Waals surface area contributed by atoms with Crippen LogP contribution in [0.3, 0.4) is 0 Å². The number of para-hydroxylation sites is 1. The van der Waals surface area contributed by atoms with Crippen LogP contribution in [0.15, 0.2) is 59.6 Å². The quantitative estimate of drug-likeness (QED) is 0.367. The summed E-state index contributed by atoms with van der Waals surface area (Å²) in [4.78, 5) is 4.13. The van der Waals surface area contributed by atoms with Gasteiger partial charge in [0.05, 0.1) is 11.3 Å². The van der Waals surface area contributed by atoms with Gasteiger partial charge in [-0.05, 0) is 38.1 Å². The number of aliphatic imine (C=N–C) groups is 1. The van der Waals surface area contributed by atoms with E-state index in [4.69, 9.17) is 10.5 Å². The highest BCUT2D eigenvalue weighted by molar-refractivity contribution is 14.0. The van der Waals surface area contributed by atoms with Crippen molar-refractivity contribution in [3.63, 3.8) is 0 Å². The molecule has 0 saturated heterocycles. The molecule has 0 atom stereocenters. The van der Waals surface area contributed by atoms with Crippen molar-refractivity contribution in [2.45, 2.75) is 18.6 Å². The maximum Gasteiger partial charge on any atom is 0.193 e. The minimum Gasteiger partial charge on any atom is -0.457 e. The van der Waals surface area contributed by atoms with Crippen LogP contribution in [0.5, 0.6) is 11.5 Å². The molecule has 0 heterocycles. The first kappa shape index (κ1) is 22.2. The fourth-order valence-corrected chi connectivity index (χ4v) is 2.14. The van der Waals surface area contributed by atoms with Crippen LogP contribution in [0.4, 0.5) is 5.69 Å². The number of benzene rings is 2. The van der Waals surface area contributed by atoms with Crippen LogP contribution in [0.25, 0.3) is 0 Å². The van der Waals surface area contributed by atoms with Crippen molar-refractivity contribution in [3.05, 3.63) is 54.6 Å². The Kier molecular flexibility index (Phi) is 7.88. The maximum atomic E-state index is 11.7. The third kappa shape index (κ3) is 6.49. The number of rotatable bonds is 6. The van der Waals surface area contributed by atoms with Gasteiger partial charge in [0.1, 0.15) is 11.5 Å². The van der Waals surface area contributed by atoms with Gasteiger partial charge >= 0.3 is 0 Å². The maximum absolute atomic E-state index is 11.7. The second-order valence-corrected chi connectivity index (χ2v) is 8.95. The predicted molar refractivity (Wildman–Crippen MR) is 117 cm³/mol. The van der Waals surface area contributed by atoms with E-state index in [0.717, 1.165) is 5.75 Å². The van der Waals surface area contributed by atoms with Crippen LogP contribution in [-0.4, -0.2) is 31.9 Å². The van der Waals surface area contributed by atoms with Crippen LogP contribution in [-0.2, 0) is 9.84 Å². The van der Waals surface area contributed by atoms with Gasteiger partial charge in [0.2, 0.25) is 0 Å². The lowest BCUT2D eigenvalue weighted by molar-refractivity contribution is 0.483. The van der Waals surface area contributed by atoms with Gasteiger partial charge in [-0.2, -0.15) is 0 Å².